The Balaban J connectivity index is 2.35. The molecule has 0 spiro atoms. The van der Waals surface area contributed by atoms with Crippen molar-refractivity contribution in [2.24, 2.45) is 5.92 Å². The summed E-state index contributed by atoms with van der Waals surface area (Å²) >= 11 is 1.30. The van der Waals surface area contributed by atoms with Gasteiger partial charge in [0.25, 0.3) is 0 Å². The highest BCUT2D eigenvalue weighted by molar-refractivity contribution is 7.17. The van der Waals surface area contributed by atoms with Crippen LogP contribution < -0.4 is 4.90 Å². The van der Waals surface area contributed by atoms with Crippen LogP contribution in [0.2, 0.25) is 0 Å². The maximum atomic E-state index is 12.0. The number of hydrogen-bond donors (Lipinski definition) is 0. The zero-order chi connectivity index (χ0) is 15.6. The predicted octanol–water partition coefficient (Wildman–Crippen LogP) is 3.15. The first-order valence-corrected chi connectivity index (χ1v) is 8.22. The maximum absolute atomic E-state index is 12.0. The topological polar surface area (TPSA) is 59.5 Å². The van der Waals surface area contributed by atoms with E-state index in [0.29, 0.717) is 16.8 Å². The number of thiazole rings is 1. The molecule has 1 fully saturated rings. The summed E-state index contributed by atoms with van der Waals surface area (Å²) in [5.41, 5.74) is 0.162. The molecule has 1 aromatic heterocycles. The second kappa shape index (κ2) is 6.56. The van der Waals surface area contributed by atoms with Crippen LogP contribution in [-0.4, -0.2) is 35.9 Å². The van der Waals surface area contributed by atoms with Crippen molar-refractivity contribution in [3.8, 4) is 0 Å². The smallest absolute Gasteiger partial charge is 0.358 e. The molecule has 1 saturated heterocycles. The predicted molar refractivity (Wildman–Crippen MR) is 83.3 cm³/mol. The second-order valence-corrected chi connectivity index (χ2v) is 6.48. The van der Waals surface area contributed by atoms with Crippen molar-refractivity contribution in [1.82, 2.24) is 4.98 Å². The highest BCUT2D eigenvalue weighted by Crippen LogP contribution is 2.33. The van der Waals surface area contributed by atoms with E-state index in [4.69, 9.17) is 4.74 Å². The summed E-state index contributed by atoms with van der Waals surface area (Å²) in [7, 11) is 0. The lowest BCUT2D eigenvalue weighted by Gasteiger charge is -2.37. The maximum Gasteiger partial charge on any atom is 0.358 e. The van der Waals surface area contributed by atoms with E-state index < -0.39 is 5.97 Å². The number of Topliss-reactive ketones (excluding diaryl/α,β-unsaturated/α-hetero) is 1. The van der Waals surface area contributed by atoms with Gasteiger partial charge in [0.1, 0.15) is 4.88 Å². The molecule has 1 aliphatic rings. The number of ketones is 1. The van der Waals surface area contributed by atoms with Gasteiger partial charge in [-0.1, -0.05) is 18.3 Å². The fourth-order valence-electron chi connectivity index (χ4n) is 2.61. The Morgan fingerprint density at radius 1 is 1.43 bits per heavy atom. The summed E-state index contributed by atoms with van der Waals surface area (Å²) < 4.78 is 5.00. The quantitative estimate of drug-likeness (QED) is 0.631. The minimum Gasteiger partial charge on any atom is -0.461 e. The van der Waals surface area contributed by atoms with E-state index >= 15 is 0 Å². The molecule has 116 valence electrons. The Morgan fingerprint density at radius 3 is 2.76 bits per heavy atom. The number of rotatable bonds is 4. The summed E-state index contributed by atoms with van der Waals surface area (Å²) in [5.74, 6) is -0.0723. The molecule has 21 heavy (non-hydrogen) atoms. The van der Waals surface area contributed by atoms with Crippen LogP contribution in [-0.2, 0) is 4.74 Å². The van der Waals surface area contributed by atoms with Crippen molar-refractivity contribution in [2.45, 2.75) is 46.6 Å². The number of ether oxygens (including phenoxy) is 1. The molecule has 0 amide bonds. The van der Waals surface area contributed by atoms with E-state index in [1.807, 2.05) is 0 Å². The number of aromatic nitrogens is 1. The average Bonchev–Trinajstić information content (AvgIpc) is 2.87. The minimum atomic E-state index is -0.511. The lowest BCUT2D eigenvalue weighted by molar-refractivity contribution is 0.0517. The van der Waals surface area contributed by atoms with Crippen LogP contribution in [0.5, 0.6) is 0 Å². The molecule has 2 unspecified atom stereocenters. The molecule has 0 N–H and O–H groups in total. The molecule has 1 aromatic rings. The molecule has 0 saturated carbocycles. The van der Waals surface area contributed by atoms with Gasteiger partial charge < -0.3 is 9.64 Å². The van der Waals surface area contributed by atoms with Crippen LogP contribution in [0.1, 0.15) is 60.7 Å². The van der Waals surface area contributed by atoms with Gasteiger partial charge in [-0.25, -0.2) is 9.78 Å². The van der Waals surface area contributed by atoms with Crippen molar-refractivity contribution in [3.63, 3.8) is 0 Å². The molecular formula is C15H22N2O3S. The summed E-state index contributed by atoms with van der Waals surface area (Å²) in [4.78, 5) is 30.7. The van der Waals surface area contributed by atoms with Gasteiger partial charge in [-0.3, -0.25) is 4.79 Å². The standard InChI is InChI=1S/C15H22N2O3S/c1-5-20-14(19)12-13(11(4)18)21-15(16-12)17-8-6-7-9(2)10(17)3/h9-10H,5-8H2,1-4H3. The van der Waals surface area contributed by atoms with Gasteiger partial charge in [-0.15, -0.1) is 0 Å². The lowest BCUT2D eigenvalue weighted by atomic mass is 9.93. The fourth-order valence-corrected chi connectivity index (χ4v) is 3.68. The molecular weight excluding hydrogens is 288 g/mol. The SMILES string of the molecule is CCOC(=O)c1nc(N2CCCC(C)C2C)sc1C(C)=O. The molecule has 6 heteroatoms. The molecule has 0 aromatic carbocycles. The van der Waals surface area contributed by atoms with E-state index in [1.54, 1.807) is 6.92 Å². The Labute approximate surface area is 129 Å². The second-order valence-electron chi connectivity index (χ2n) is 5.50. The molecule has 0 radical (unpaired) electrons. The number of esters is 1. The summed E-state index contributed by atoms with van der Waals surface area (Å²) in [5, 5.41) is 0.752. The Hall–Kier alpha value is -1.43. The highest BCUT2D eigenvalue weighted by Gasteiger charge is 2.30. The summed E-state index contributed by atoms with van der Waals surface area (Å²) in [6.45, 7) is 8.79. The zero-order valence-electron chi connectivity index (χ0n) is 13.0. The first-order valence-electron chi connectivity index (χ1n) is 7.41. The molecule has 2 atom stereocenters. The first-order chi connectivity index (χ1) is 9.95. The van der Waals surface area contributed by atoms with Gasteiger partial charge in [0, 0.05) is 19.5 Å². The van der Waals surface area contributed by atoms with Gasteiger partial charge >= 0.3 is 5.97 Å². The molecule has 5 nitrogen and oxygen atoms in total. The van der Waals surface area contributed by atoms with Crippen LogP contribution in [0.3, 0.4) is 0 Å². The fraction of sp³-hybridized carbons (Fsp3) is 0.667. The van der Waals surface area contributed by atoms with Gasteiger partial charge in [-0.05, 0) is 32.6 Å². The third-order valence-electron chi connectivity index (χ3n) is 4.02. The number of carbonyl (C=O) groups is 2. The van der Waals surface area contributed by atoms with Crippen LogP contribution >= 0.6 is 11.3 Å². The molecule has 1 aliphatic heterocycles. The molecule has 0 aliphatic carbocycles. The number of piperidine rings is 1. The van der Waals surface area contributed by atoms with Crippen LogP contribution in [0.4, 0.5) is 5.13 Å². The Morgan fingerprint density at radius 2 is 2.14 bits per heavy atom. The third-order valence-corrected chi connectivity index (χ3v) is 5.22. The molecule has 0 bridgehead atoms. The highest BCUT2D eigenvalue weighted by atomic mass is 32.1. The van der Waals surface area contributed by atoms with E-state index in [1.165, 1.54) is 24.7 Å². The third kappa shape index (κ3) is 3.26. The van der Waals surface area contributed by atoms with Crippen molar-refractivity contribution >= 4 is 28.2 Å². The van der Waals surface area contributed by atoms with E-state index in [9.17, 15) is 9.59 Å². The van der Waals surface area contributed by atoms with Gasteiger partial charge in [0.15, 0.2) is 16.6 Å². The number of nitrogens with zero attached hydrogens (tertiary/aromatic N) is 2. The monoisotopic (exact) mass is 310 g/mol. The van der Waals surface area contributed by atoms with E-state index in [2.05, 4.69) is 23.7 Å². The number of hydrogen-bond acceptors (Lipinski definition) is 6. The van der Waals surface area contributed by atoms with Crippen molar-refractivity contribution in [1.29, 1.82) is 0 Å². The van der Waals surface area contributed by atoms with Crippen LogP contribution in [0.15, 0.2) is 0 Å². The summed E-state index contributed by atoms with van der Waals surface area (Å²) in [6, 6.07) is 0.361. The van der Waals surface area contributed by atoms with E-state index in [-0.39, 0.29) is 18.1 Å². The summed E-state index contributed by atoms with van der Waals surface area (Å²) in [6.07, 6.45) is 2.31. The normalized spacial score (nSPS) is 22.2. The van der Waals surface area contributed by atoms with Crippen molar-refractivity contribution in [2.75, 3.05) is 18.1 Å². The Bertz CT molecular complexity index is 541. The van der Waals surface area contributed by atoms with Gasteiger partial charge in [0.05, 0.1) is 6.61 Å². The minimum absolute atomic E-state index is 0.139. The van der Waals surface area contributed by atoms with E-state index in [0.717, 1.165) is 18.1 Å². The van der Waals surface area contributed by atoms with Gasteiger partial charge in [0.2, 0.25) is 0 Å². The molecule has 2 rings (SSSR count). The lowest BCUT2D eigenvalue weighted by Crippen LogP contribution is -2.42. The largest absolute Gasteiger partial charge is 0.461 e. The van der Waals surface area contributed by atoms with Crippen LogP contribution in [0.25, 0.3) is 0 Å². The Kier molecular flexibility index (Phi) is 4.98. The zero-order valence-corrected chi connectivity index (χ0v) is 13.8. The van der Waals surface area contributed by atoms with Gasteiger partial charge in [-0.2, -0.15) is 0 Å². The number of carbonyl (C=O) groups excluding carboxylic acids is 2. The number of anilines is 1. The molecule has 2 heterocycles. The first kappa shape index (κ1) is 15.9. The van der Waals surface area contributed by atoms with Crippen molar-refractivity contribution < 1.29 is 14.3 Å². The van der Waals surface area contributed by atoms with Crippen LogP contribution in [0, 0.1) is 5.92 Å². The van der Waals surface area contributed by atoms with Crippen molar-refractivity contribution in [3.05, 3.63) is 10.6 Å². The average molecular weight is 310 g/mol.